The first-order valence-electron chi connectivity index (χ1n) is 6.80. The molecule has 1 amide bonds. The topological polar surface area (TPSA) is 63.2 Å². The molecular formula is C14H21N3O2. The molecule has 0 radical (unpaired) electrons. The summed E-state index contributed by atoms with van der Waals surface area (Å²) in [6, 6.07) is 3.61. The minimum Gasteiger partial charge on any atom is -0.473 e. The van der Waals surface area contributed by atoms with Gasteiger partial charge in [0.1, 0.15) is 5.69 Å². The average Bonchev–Trinajstić information content (AvgIpc) is 2.41. The third-order valence-electron chi connectivity index (χ3n) is 3.04. The second-order valence-corrected chi connectivity index (χ2v) is 5.06. The van der Waals surface area contributed by atoms with E-state index in [1.807, 2.05) is 19.9 Å². The van der Waals surface area contributed by atoms with E-state index in [-0.39, 0.29) is 17.9 Å². The number of anilines is 1. The van der Waals surface area contributed by atoms with E-state index in [0.717, 1.165) is 25.9 Å². The maximum absolute atomic E-state index is 12.2. The number of amides is 1. The molecule has 5 heteroatoms. The van der Waals surface area contributed by atoms with E-state index in [2.05, 4.69) is 15.6 Å². The summed E-state index contributed by atoms with van der Waals surface area (Å²) < 4.78 is 5.59. The third kappa shape index (κ3) is 3.92. The zero-order valence-corrected chi connectivity index (χ0v) is 11.5. The Bertz CT molecular complexity index is 428. The largest absolute Gasteiger partial charge is 0.473 e. The SMILES string of the molecule is CC(C)Oc1ncccc1NC(=O)[C@H]1CCCNC1. The minimum atomic E-state index is 0.0286. The lowest BCUT2D eigenvalue weighted by atomic mass is 9.99. The second kappa shape index (κ2) is 6.52. The highest BCUT2D eigenvalue weighted by Crippen LogP contribution is 2.23. The molecule has 104 valence electrons. The fourth-order valence-corrected chi connectivity index (χ4v) is 2.11. The van der Waals surface area contributed by atoms with Gasteiger partial charge < -0.3 is 15.4 Å². The fourth-order valence-electron chi connectivity index (χ4n) is 2.11. The van der Waals surface area contributed by atoms with Gasteiger partial charge in [0.05, 0.1) is 12.0 Å². The number of piperidine rings is 1. The van der Waals surface area contributed by atoms with Gasteiger partial charge in [-0.05, 0) is 45.4 Å². The van der Waals surface area contributed by atoms with E-state index < -0.39 is 0 Å². The molecule has 19 heavy (non-hydrogen) atoms. The van der Waals surface area contributed by atoms with E-state index in [1.54, 1.807) is 12.3 Å². The number of rotatable bonds is 4. The highest BCUT2D eigenvalue weighted by molar-refractivity contribution is 5.93. The van der Waals surface area contributed by atoms with Crippen molar-refractivity contribution in [3.05, 3.63) is 18.3 Å². The molecule has 0 unspecified atom stereocenters. The Morgan fingerprint density at radius 3 is 3.11 bits per heavy atom. The number of aromatic nitrogens is 1. The summed E-state index contributed by atoms with van der Waals surface area (Å²) in [5.74, 6) is 0.546. The maximum atomic E-state index is 12.2. The fraction of sp³-hybridized carbons (Fsp3) is 0.571. The number of ether oxygens (including phenoxy) is 1. The first kappa shape index (κ1) is 13.8. The summed E-state index contributed by atoms with van der Waals surface area (Å²) in [6.45, 7) is 5.61. The molecule has 1 aromatic rings. The van der Waals surface area contributed by atoms with Crippen LogP contribution >= 0.6 is 0 Å². The number of carbonyl (C=O) groups is 1. The van der Waals surface area contributed by atoms with Gasteiger partial charge in [-0.25, -0.2) is 4.98 Å². The summed E-state index contributed by atoms with van der Waals surface area (Å²) in [7, 11) is 0. The zero-order chi connectivity index (χ0) is 13.7. The number of hydrogen-bond donors (Lipinski definition) is 2. The van der Waals surface area contributed by atoms with Crippen LogP contribution in [0.1, 0.15) is 26.7 Å². The molecule has 1 saturated heterocycles. The molecule has 0 spiro atoms. The standard InChI is InChI=1S/C14H21N3O2/c1-10(2)19-14-12(6-4-8-16-14)17-13(18)11-5-3-7-15-9-11/h4,6,8,10-11,15H,3,5,7,9H2,1-2H3,(H,17,18)/t11-/m0/s1. The number of nitrogens with one attached hydrogen (secondary N) is 2. The van der Waals surface area contributed by atoms with Crippen molar-refractivity contribution >= 4 is 11.6 Å². The van der Waals surface area contributed by atoms with Crippen molar-refractivity contribution in [1.29, 1.82) is 0 Å². The second-order valence-electron chi connectivity index (χ2n) is 5.06. The van der Waals surface area contributed by atoms with Gasteiger partial charge in [0.25, 0.3) is 0 Å². The first-order chi connectivity index (χ1) is 9.16. The molecule has 1 aliphatic rings. The molecule has 0 bridgehead atoms. The summed E-state index contributed by atoms with van der Waals surface area (Å²) in [5.41, 5.74) is 0.645. The van der Waals surface area contributed by atoms with Gasteiger partial charge in [-0.1, -0.05) is 0 Å². The molecule has 1 atom stereocenters. The molecule has 1 fully saturated rings. The number of carbonyl (C=O) groups excluding carboxylic acids is 1. The lowest BCUT2D eigenvalue weighted by molar-refractivity contribution is -0.120. The van der Waals surface area contributed by atoms with Crippen LogP contribution in [0, 0.1) is 5.92 Å². The predicted molar refractivity (Wildman–Crippen MR) is 74.2 cm³/mol. The van der Waals surface area contributed by atoms with Crippen molar-refractivity contribution < 1.29 is 9.53 Å². The van der Waals surface area contributed by atoms with Gasteiger partial charge in [0.15, 0.2) is 0 Å². The monoisotopic (exact) mass is 263 g/mol. The highest BCUT2D eigenvalue weighted by atomic mass is 16.5. The van der Waals surface area contributed by atoms with Crippen LogP contribution in [0.3, 0.4) is 0 Å². The molecule has 2 rings (SSSR count). The van der Waals surface area contributed by atoms with Crippen LogP contribution in [-0.2, 0) is 4.79 Å². The number of hydrogen-bond acceptors (Lipinski definition) is 4. The van der Waals surface area contributed by atoms with Gasteiger partial charge in [0, 0.05) is 12.7 Å². The first-order valence-corrected chi connectivity index (χ1v) is 6.80. The predicted octanol–water partition coefficient (Wildman–Crippen LogP) is 1.81. The van der Waals surface area contributed by atoms with Crippen LogP contribution in [0.25, 0.3) is 0 Å². The van der Waals surface area contributed by atoms with Gasteiger partial charge in [-0.15, -0.1) is 0 Å². The van der Waals surface area contributed by atoms with Crippen molar-refractivity contribution in [3.8, 4) is 5.88 Å². The van der Waals surface area contributed by atoms with E-state index in [9.17, 15) is 4.79 Å². The quantitative estimate of drug-likeness (QED) is 0.869. The van der Waals surface area contributed by atoms with Crippen molar-refractivity contribution in [2.24, 2.45) is 5.92 Å². The lowest BCUT2D eigenvalue weighted by Gasteiger charge is -2.22. The molecule has 0 saturated carbocycles. The Kier molecular flexibility index (Phi) is 4.74. The Morgan fingerprint density at radius 2 is 2.42 bits per heavy atom. The zero-order valence-electron chi connectivity index (χ0n) is 11.5. The van der Waals surface area contributed by atoms with Crippen molar-refractivity contribution in [1.82, 2.24) is 10.3 Å². The summed E-state index contributed by atoms with van der Waals surface area (Å²) in [5, 5.41) is 6.16. The number of nitrogens with zero attached hydrogens (tertiary/aromatic N) is 1. The van der Waals surface area contributed by atoms with Gasteiger partial charge in [0.2, 0.25) is 11.8 Å². The average molecular weight is 263 g/mol. The molecular weight excluding hydrogens is 242 g/mol. The minimum absolute atomic E-state index is 0.0286. The lowest BCUT2D eigenvalue weighted by Crippen LogP contribution is -2.37. The molecule has 5 nitrogen and oxygen atoms in total. The van der Waals surface area contributed by atoms with E-state index in [0.29, 0.717) is 11.6 Å². The van der Waals surface area contributed by atoms with Gasteiger partial charge in [-0.2, -0.15) is 0 Å². The normalized spacial score (nSPS) is 19.2. The molecule has 0 aliphatic carbocycles. The maximum Gasteiger partial charge on any atom is 0.238 e. The number of pyridine rings is 1. The Hall–Kier alpha value is -1.62. The Labute approximate surface area is 113 Å². The Morgan fingerprint density at radius 1 is 1.58 bits per heavy atom. The van der Waals surface area contributed by atoms with Gasteiger partial charge in [-0.3, -0.25) is 4.79 Å². The van der Waals surface area contributed by atoms with Crippen LogP contribution in [0.5, 0.6) is 5.88 Å². The van der Waals surface area contributed by atoms with Crippen LogP contribution < -0.4 is 15.4 Å². The molecule has 1 aliphatic heterocycles. The summed E-state index contributed by atoms with van der Waals surface area (Å²) in [4.78, 5) is 16.3. The molecule has 2 N–H and O–H groups in total. The van der Waals surface area contributed by atoms with Crippen LogP contribution in [0.2, 0.25) is 0 Å². The summed E-state index contributed by atoms with van der Waals surface area (Å²) >= 11 is 0. The van der Waals surface area contributed by atoms with Crippen molar-refractivity contribution in [2.75, 3.05) is 18.4 Å². The third-order valence-corrected chi connectivity index (χ3v) is 3.04. The summed E-state index contributed by atoms with van der Waals surface area (Å²) in [6.07, 6.45) is 3.66. The van der Waals surface area contributed by atoms with Crippen molar-refractivity contribution in [3.63, 3.8) is 0 Å². The molecule has 0 aromatic carbocycles. The van der Waals surface area contributed by atoms with E-state index in [1.165, 1.54) is 0 Å². The smallest absolute Gasteiger partial charge is 0.238 e. The Balaban J connectivity index is 2.03. The van der Waals surface area contributed by atoms with Crippen LogP contribution in [0.4, 0.5) is 5.69 Å². The molecule has 1 aromatic heterocycles. The van der Waals surface area contributed by atoms with Gasteiger partial charge >= 0.3 is 0 Å². The van der Waals surface area contributed by atoms with Crippen LogP contribution in [0.15, 0.2) is 18.3 Å². The molecule has 2 heterocycles. The van der Waals surface area contributed by atoms with Crippen LogP contribution in [-0.4, -0.2) is 30.1 Å². The van der Waals surface area contributed by atoms with E-state index in [4.69, 9.17) is 4.74 Å². The van der Waals surface area contributed by atoms with E-state index >= 15 is 0 Å². The van der Waals surface area contributed by atoms with Crippen molar-refractivity contribution in [2.45, 2.75) is 32.8 Å². The highest BCUT2D eigenvalue weighted by Gasteiger charge is 2.22.